The first-order chi connectivity index (χ1) is 8.61. The van der Waals surface area contributed by atoms with Crippen molar-refractivity contribution in [3.63, 3.8) is 0 Å². The van der Waals surface area contributed by atoms with Crippen LogP contribution in [0.15, 0.2) is 12.3 Å². The number of carbonyl (C=O) groups is 1. The monoisotopic (exact) mass is 250 g/mol. The van der Waals surface area contributed by atoms with Crippen LogP contribution in [-0.4, -0.2) is 42.4 Å². The third-order valence-electron chi connectivity index (χ3n) is 3.31. The van der Waals surface area contributed by atoms with E-state index in [9.17, 15) is 4.79 Å². The van der Waals surface area contributed by atoms with Gasteiger partial charge in [-0.05, 0) is 31.4 Å². The van der Waals surface area contributed by atoms with Gasteiger partial charge in [-0.2, -0.15) is 0 Å². The minimum atomic E-state index is -0.939. The second-order valence-corrected chi connectivity index (χ2v) is 4.62. The second-order valence-electron chi connectivity index (χ2n) is 4.62. The van der Waals surface area contributed by atoms with Gasteiger partial charge in [0.1, 0.15) is 5.82 Å². The number of hydrogen-bond acceptors (Lipinski definition) is 4. The van der Waals surface area contributed by atoms with Gasteiger partial charge in [-0.25, -0.2) is 9.78 Å². The van der Waals surface area contributed by atoms with Crippen LogP contribution < -0.4 is 4.90 Å². The largest absolute Gasteiger partial charge is 0.478 e. The lowest BCUT2D eigenvalue weighted by atomic mass is 10.1. The number of aromatic nitrogens is 1. The Bertz CT molecular complexity index is 448. The second kappa shape index (κ2) is 5.35. The van der Waals surface area contributed by atoms with E-state index < -0.39 is 5.97 Å². The van der Waals surface area contributed by atoms with Crippen molar-refractivity contribution in [1.82, 2.24) is 4.98 Å². The minimum Gasteiger partial charge on any atom is -0.478 e. The van der Waals surface area contributed by atoms with Gasteiger partial charge in [0.25, 0.3) is 0 Å². The van der Waals surface area contributed by atoms with Crippen molar-refractivity contribution in [2.75, 3.05) is 25.1 Å². The molecule has 5 nitrogen and oxygen atoms in total. The third-order valence-corrected chi connectivity index (χ3v) is 3.31. The molecule has 0 aliphatic carbocycles. The molecule has 1 saturated heterocycles. The van der Waals surface area contributed by atoms with Crippen molar-refractivity contribution in [2.24, 2.45) is 0 Å². The summed E-state index contributed by atoms with van der Waals surface area (Å²) in [6.45, 7) is 3.65. The van der Waals surface area contributed by atoms with Crippen molar-refractivity contribution >= 4 is 11.8 Å². The first kappa shape index (κ1) is 12.8. The Kier molecular flexibility index (Phi) is 3.81. The van der Waals surface area contributed by atoms with Crippen LogP contribution in [0.4, 0.5) is 5.82 Å². The predicted octanol–water partition coefficient (Wildman–Crippen LogP) is 1.70. The molecular weight excluding hydrogens is 232 g/mol. The fourth-order valence-corrected chi connectivity index (χ4v) is 2.34. The Morgan fingerprint density at radius 1 is 1.61 bits per heavy atom. The van der Waals surface area contributed by atoms with Crippen LogP contribution in [0.25, 0.3) is 0 Å². The maximum atomic E-state index is 10.9. The SMILES string of the molecule is COC1CCCN(c2ncc(C(=O)O)cc2C)C1. The number of aromatic carboxylic acids is 1. The molecule has 0 spiro atoms. The zero-order valence-corrected chi connectivity index (χ0v) is 10.7. The summed E-state index contributed by atoms with van der Waals surface area (Å²) in [7, 11) is 1.72. The Morgan fingerprint density at radius 2 is 2.39 bits per heavy atom. The van der Waals surface area contributed by atoms with Crippen molar-refractivity contribution in [1.29, 1.82) is 0 Å². The molecule has 0 saturated carbocycles. The molecule has 1 aromatic rings. The summed E-state index contributed by atoms with van der Waals surface area (Å²) in [4.78, 5) is 17.3. The Balaban J connectivity index is 2.20. The van der Waals surface area contributed by atoms with Crippen LogP contribution in [0.2, 0.25) is 0 Å². The molecule has 98 valence electrons. The average molecular weight is 250 g/mol. The molecule has 1 fully saturated rings. The molecular formula is C13H18N2O3. The fourth-order valence-electron chi connectivity index (χ4n) is 2.34. The summed E-state index contributed by atoms with van der Waals surface area (Å²) in [6.07, 6.45) is 3.79. The van der Waals surface area contributed by atoms with Gasteiger partial charge in [0.2, 0.25) is 0 Å². The number of aryl methyl sites for hydroxylation is 1. The molecule has 0 bridgehead atoms. The molecule has 2 rings (SSSR count). The van der Waals surface area contributed by atoms with Crippen LogP contribution in [0.3, 0.4) is 0 Å². The van der Waals surface area contributed by atoms with Gasteiger partial charge in [0.15, 0.2) is 0 Å². The number of anilines is 1. The zero-order chi connectivity index (χ0) is 13.1. The first-order valence-electron chi connectivity index (χ1n) is 6.09. The molecule has 0 radical (unpaired) electrons. The molecule has 1 aliphatic rings. The van der Waals surface area contributed by atoms with Gasteiger partial charge in [-0.15, -0.1) is 0 Å². The predicted molar refractivity (Wildman–Crippen MR) is 68.2 cm³/mol. The van der Waals surface area contributed by atoms with Gasteiger partial charge in [0.05, 0.1) is 11.7 Å². The van der Waals surface area contributed by atoms with Gasteiger partial charge in [0, 0.05) is 26.4 Å². The first-order valence-corrected chi connectivity index (χ1v) is 6.09. The van der Waals surface area contributed by atoms with E-state index in [-0.39, 0.29) is 11.7 Å². The fraction of sp³-hybridized carbons (Fsp3) is 0.538. The highest BCUT2D eigenvalue weighted by molar-refractivity contribution is 5.87. The van der Waals surface area contributed by atoms with Crippen LogP contribution in [0.5, 0.6) is 0 Å². The molecule has 5 heteroatoms. The lowest BCUT2D eigenvalue weighted by molar-refractivity contribution is 0.0696. The molecule has 2 heterocycles. The topological polar surface area (TPSA) is 62.7 Å². The molecule has 1 aromatic heterocycles. The van der Waals surface area contributed by atoms with Gasteiger partial charge in [-0.3, -0.25) is 0 Å². The maximum Gasteiger partial charge on any atom is 0.337 e. The normalized spacial score (nSPS) is 19.9. The quantitative estimate of drug-likeness (QED) is 0.884. The summed E-state index contributed by atoms with van der Waals surface area (Å²) >= 11 is 0. The number of carboxylic acid groups (broad SMARTS) is 1. The molecule has 1 unspecified atom stereocenters. The van der Waals surface area contributed by atoms with Crippen LogP contribution >= 0.6 is 0 Å². The molecule has 1 N–H and O–H groups in total. The number of pyridine rings is 1. The van der Waals surface area contributed by atoms with Crippen molar-refractivity contribution < 1.29 is 14.6 Å². The Morgan fingerprint density at radius 3 is 3.00 bits per heavy atom. The van der Waals surface area contributed by atoms with Crippen molar-refractivity contribution in [2.45, 2.75) is 25.9 Å². The van der Waals surface area contributed by atoms with Crippen LogP contribution in [0, 0.1) is 6.92 Å². The van der Waals surface area contributed by atoms with Gasteiger partial charge >= 0.3 is 5.97 Å². The van der Waals surface area contributed by atoms with E-state index in [1.165, 1.54) is 6.20 Å². The summed E-state index contributed by atoms with van der Waals surface area (Å²) < 4.78 is 5.38. The number of carboxylic acids is 1. The highest BCUT2D eigenvalue weighted by Gasteiger charge is 2.22. The lowest BCUT2D eigenvalue weighted by Crippen LogP contribution is -2.40. The van der Waals surface area contributed by atoms with Crippen LogP contribution in [0.1, 0.15) is 28.8 Å². The molecule has 18 heavy (non-hydrogen) atoms. The number of rotatable bonds is 3. The lowest BCUT2D eigenvalue weighted by Gasteiger charge is -2.33. The van der Waals surface area contributed by atoms with Gasteiger partial charge < -0.3 is 14.7 Å². The number of methoxy groups -OCH3 is 1. The van der Waals surface area contributed by atoms with E-state index in [0.717, 1.165) is 37.3 Å². The highest BCUT2D eigenvalue weighted by Crippen LogP contribution is 2.23. The summed E-state index contributed by atoms with van der Waals surface area (Å²) in [6, 6.07) is 1.67. The minimum absolute atomic E-state index is 0.233. The van der Waals surface area contributed by atoms with Crippen LogP contribution in [-0.2, 0) is 4.74 Å². The summed E-state index contributed by atoms with van der Waals surface area (Å²) in [5.41, 5.74) is 1.13. The number of piperidine rings is 1. The highest BCUT2D eigenvalue weighted by atomic mass is 16.5. The van der Waals surface area contributed by atoms with E-state index >= 15 is 0 Å². The molecule has 1 atom stereocenters. The van der Waals surface area contributed by atoms with E-state index in [4.69, 9.17) is 9.84 Å². The van der Waals surface area contributed by atoms with Gasteiger partial charge in [-0.1, -0.05) is 0 Å². The smallest absolute Gasteiger partial charge is 0.337 e. The standard InChI is InChI=1S/C13H18N2O3/c1-9-6-10(13(16)17)7-14-12(9)15-5-3-4-11(8-15)18-2/h6-7,11H,3-5,8H2,1-2H3,(H,16,17). The maximum absolute atomic E-state index is 10.9. The van der Waals surface area contributed by atoms with E-state index in [1.54, 1.807) is 13.2 Å². The van der Waals surface area contributed by atoms with Crippen molar-refractivity contribution in [3.8, 4) is 0 Å². The number of hydrogen-bond donors (Lipinski definition) is 1. The third kappa shape index (κ3) is 2.61. The van der Waals surface area contributed by atoms with E-state index in [0.29, 0.717) is 0 Å². The number of ether oxygens (including phenoxy) is 1. The molecule has 0 amide bonds. The Hall–Kier alpha value is -1.62. The zero-order valence-electron chi connectivity index (χ0n) is 10.7. The number of nitrogens with zero attached hydrogens (tertiary/aromatic N) is 2. The molecule has 1 aliphatic heterocycles. The van der Waals surface area contributed by atoms with E-state index in [1.807, 2.05) is 6.92 Å². The van der Waals surface area contributed by atoms with E-state index in [2.05, 4.69) is 9.88 Å². The summed E-state index contributed by atoms with van der Waals surface area (Å²) in [5.74, 6) is -0.0766. The Labute approximate surface area is 106 Å². The van der Waals surface area contributed by atoms with Crippen molar-refractivity contribution in [3.05, 3.63) is 23.4 Å². The summed E-state index contributed by atoms with van der Waals surface area (Å²) in [5, 5.41) is 8.92. The average Bonchev–Trinajstić information content (AvgIpc) is 2.38. The molecule has 0 aromatic carbocycles.